The first-order valence-corrected chi connectivity index (χ1v) is 5.32. The van der Waals surface area contributed by atoms with Crippen molar-refractivity contribution in [3.05, 3.63) is 33.4 Å². The number of H-pyrrole nitrogens is 1. The summed E-state index contributed by atoms with van der Waals surface area (Å²) in [6.45, 7) is 2.10. The SMILES string of the molecule is CCOC(=O)c1ccc2[nH]c(=O)sc2c1. The number of fused-ring (bicyclic) bond motifs is 1. The molecule has 1 N–H and O–H groups in total. The number of thiazole rings is 1. The first-order valence-electron chi connectivity index (χ1n) is 4.50. The summed E-state index contributed by atoms with van der Waals surface area (Å²) in [5.74, 6) is -0.361. The van der Waals surface area contributed by atoms with Crippen molar-refractivity contribution in [1.82, 2.24) is 4.98 Å². The van der Waals surface area contributed by atoms with Crippen LogP contribution in [0.2, 0.25) is 0 Å². The molecule has 0 fully saturated rings. The van der Waals surface area contributed by atoms with Crippen LogP contribution in [-0.2, 0) is 4.74 Å². The number of benzene rings is 1. The monoisotopic (exact) mass is 223 g/mol. The van der Waals surface area contributed by atoms with Gasteiger partial charge in [-0.1, -0.05) is 11.3 Å². The zero-order chi connectivity index (χ0) is 10.8. The Labute approximate surface area is 89.5 Å². The van der Waals surface area contributed by atoms with E-state index in [9.17, 15) is 9.59 Å². The fourth-order valence-corrected chi connectivity index (χ4v) is 2.06. The molecular weight excluding hydrogens is 214 g/mol. The number of carbonyl (C=O) groups excluding carboxylic acids is 1. The minimum absolute atomic E-state index is 0.119. The van der Waals surface area contributed by atoms with E-state index in [1.807, 2.05) is 0 Å². The lowest BCUT2D eigenvalue weighted by Crippen LogP contribution is -2.03. The van der Waals surface area contributed by atoms with Crippen molar-refractivity contribution < 1.29 is 9.53 Å². The first kappa shape index (κ1) is 9.92. The van der Waals surface area contributed by atoms with Crippen LogP contribution in [0, 0.1) is 0 Å². The van der Waals surface area contributed by atoms with E-state index >= 15 is 0 Å². The molecule has 0 radical (unpaired) electrons. The number of ether oxygens (including phenoxy) is 1. The highest BCUT2D eigenvalue weighted by atomic mass is 32.1. The average molecular weight is 223 g/mol. The molecule has 5 heteroatoms. The molecule has 0 aliphatic rings. The second-order valence-electron chi connectivity index (χ2n) is 2.95. The number of hydrogen-bond donors (Lipinski definition) is 1. The molecule has 1 aromatic heterocycles. The number of esters is 1. The molecular formula is C10H9NO3S. The van der Waals surface area contributed by atoms with E-state index in [1.165, 1.54) is 0 Å². The van der Waals surface area contributed by atoms with Gasteiger partial charge in [0, 0.05) is 0 Å². The molecule has 2 aromatic rings. The summed E-state index contributed by atoms with van der Waals surface area (Å²) in [6, 6.07) is 5.01. The third kappa shape index (κ3) is 1.92. The van der Waals surface area contributed by atoms with E-state index in [-0.39, 0.29) is 10.8 Å². The molecule has 0 aliphatic heterocycles. The van der Waals surface area contributed by atoms with E-state index in [0.29, 0.717) is 12.2 Å². The van der Waals surface area contributed by atoms with Crippen molar-refractivity contribution >= 4 is 27.5 Å². The van der Waals surface area contributed by atoms with Gasteiger partial charge in [-0.2, -0.15) is 0 Å². The Morgan fingerprint density at radius 2 is 2.33 bits per heavy atom. The molecule has 1 heterocycles. The number of nitrogens with one attached hydrogen (secondary N) is 1. The Bertz CT molecular complexity index is 555. The van der Waals surface area contributed by atoms with E-state index in [2.05, 4.69) is 4.98 Å². The second kappa shape index (κ2) is 3.86. The van der Waals surface area contributed by atoms with Gasteiger partial charge in [0.15, 0.2) is 0 Å². The Morgan fingerprint density at radius 1 is 1.53 bits per heavy atom. The predicted molar refractivity (Wildman–Crippen MR) is 58.4 cm³/mol. The molecule has 0 atom stereocenters. The zero-order valence-corrected chi connectivity index (χ0v) is 8.89. The van der Waals surface area contributed by atoms with Crippen LogP contribution < -0.4 is 4.87 Å². The van der Waals surface area contributed by atoms with Crippen LogP contribution in [-0.4, -0.2) is 17.6 Å². The highest BCUT2D eigenvalue weighted by Gasteiger charge is 2.08. The van der Waals surface area contributed by atoms with Crippen LogP contribution in [0.1, 0.15) is 17.3 Å². The summed E-state index contributed by atoms with van der Waals surface area (Å²) in [4.78, 5) is 25.0. The minimum Gasteiger partial charge on any atom is -0.462 e. The van der Waals surface area contributed by atoms with Gasteiger partial charge in [-0.3, -0.25) is 4.79 Å². The van der Waals surface area contributed by atoms with Gasteiger partial charge in [0.05, 0.1) is 22.4 Å². The lowest BCUT2D eigenvalue weighted by Gasteiger charge is -2.00. The van der Waals surface area contributed by atoms with Gasteiger partial charge in [-0.05, 0) is 25.1 Å². The number of aromatic amines is 1. The second-order valence-corrected chi connectivity index (χ2v) is 3.96. The fourth-order valence-electron chi connectivity index (χ4n) is 1.29. The zero-order valence-electron chi connectivity index (χ0n) is 8.07. The highest BCUT2D eigenvalue weighted by Crippen LogP contribution is 2.16. The van der Waals surface area contributed by atoms with Gasteiger partial charge in [0.25, 0.3) is 0 Å². The van der Waals surface area contributed by atoms with Crippen molar-refractivity contribution in [2.45, 2.75) is 6.92 Å². The molecule has 4 nitrogen and oxygen atoms in total. The average Bonchev–Trinajstić information content (AvgIpc) is 2.57. The summed E-state index contributed by atoms with van der Waals surface area (Å²) in [7, 11) is 0. The molecule has 0 aliphatic carbocycles. The molecule has 0 saturated heterocycles. The molecule has 1 aromatic carbocycles. The number of rotatable bonds is 2. The Morgan fingerprint density at radius 3 is 3.07 bits per heavy atom. The van der Waals surface area contributed by atoms with Crippen molar-refractivity contribution in [2.24, 2.45) is 0 Å². The van der Waals surface area contributed by atoms with Gasteiger partial charge in [-0.15, -0.1) is 0 Å². The maximum atomic E-state index is 11.4. The Hall–Kier alpha value is -1.62. The molecule has 0 spiro atoms. The summed E-state index contributed by atoms with van der Waals surface area (Å²) in [5, 5.41) is 0. The molecule has 0 bridgehead atoms. The van der Waals surface area contributed by atoms with Crippen molar-refractivity contribution in [3.63, 3.8) is 0 Å². The molecule has 0 unspecified atom stereocenters. The topological polar surface area (TPSA) is 59.2 Å². The third-order valence-corrected chi connectivity index (χ3v) is 2.78. The minimum atomic E-state index is -0.361. The van der Waals surface area contributed by atoms with Gasteiger partial charge >= 0.3 is 10.8 Å². The fraction of sp³-hybridized carbons (Fsp3) is 0.200. The number of aromatic nitrogens is 1. The largest absolute Gasteiger partial charge is 0.462 e. The van der Waals surface area contributed by atoms with Gasteiger partial charge in [0.2, 0.25) is 0 Å². The third-order valence-electron chi connectivity index (χ3n) is 1.93. The maximum Gasteiger partial charge on any atom is 0.338 e. The standard InChI is InChI=1S/C10H9NO3S/c1-2-14-9(12)6-3-4-7-8(5-6)15-10(13)11-7/h3-5H,2H2,1H3,(H,11,13). The van der Waals surface area contributed by atoms with Crippen LogP contribution in [0.4, 0.5) is 0 Å². The normalized spacial score (nSPS) is 10.5. The molecule has 0 saturated carbocycles. The predicted octanol–water partition coefficient (Wildman–Crippen LogP) is 1.77. The van der Waals surface area contributed by atoms with Crippen molar-refractivity contribution in [2.75, 3.05) is 6.61 Å². The molecule has 78 valence electrons. The van der Waals surface area contributed by atoms with Crippen LogP contribution in [0.15, 0.2) is 23.0 Å². The van der Waals surface area contributed by atoms with Crippen LogP contribution in [0.3, 0.4) is 0 Å². The van der Waals surface area contributed by atoms with Gasteiger partial charge < -0.3 is 9.72 Å². The number of carbonyl (C=O) groups is 1. The van der Waals surface area contributed by atoms with Crippen LogP contribution in [0.25, 0.3) is 10.2 Å². The van der Waals surface area contributed by atoms with E-state index in [0.717, 1.165) is 21.6 Å². The quantitative estimate of drug-likeness (QED) is 0.789. The smallest absolute Gasteiger partial charge is 0.338 e. The lowest BCUT2D eigenvalue weighted by molar-refractivity contribution is 0.0526. The van der Waals surface area contributed by atoms with Crippen LogP contribution >= 0.6 is 11.3 Å². The summed E-state index contributed by atoms with van der Waals surface area (Å²) >= 11 is 1.08. The molecule has 0 amide bonds. The van der Waals surface area contributed by atoms with E-state index in [4.69, 9.17) is 4.74 Å². The van der Waals surface area contributed by atoms with E-state index < -0.39 is 0 Å². The van der Waals surface area contributed by atoms with Crippen LogP contribution in [0.5, 0.6) is 0 Å². The summed E-state index contributed by atoms with van der Waals surface area (Å²) in [5.41, 5.74) is 1.22. The van der Waals surface area contributed by atoms with Gasteiger partial charge in [0.1, 0.15) is 0 Å². The maximum absolute atomic E-state index is 11.4. The summed E-state index contributed by atoms with van der Waals surface area (Å²) in [6.07, 6.45) is 0. The Kier molecular flexibility index (Phi) is 2.55. The molecule has 2 rings (SSSR count). The first-order chi connectivity index (χ1) is 7.20. The molecule has 15 heavy (non-hydrogen) atoms. The van der Waals surface area contributed by atoms with Gasteiger partial charge in [-0.25, -0.2) is 4.79 Å². The van der Waals surface area contributed by atoms with Crippen molar-refractivity contribution in [3.8, 4) is 0 Å². The lowest BCUT2D eigenvalue weighted by atomic mass is 10.2. The summed E-state index contributed by atoms with van der Waals surface area (Å²) < 4.78 is 5.63. The van der Waals surface area contributed by atoms with E-state index in [1.54, 1.807) is 25.1 Å². The highest BCUT2D eigenvalue weighted by molar-refractivity contribution is 7.16. The number of hydrogen-bond acceptors (Lipinski definition) is 4. The Balaban J connectivity index is 2.46. The van der Waals surface area contributed by atoms with Crippen molar-refractivity contribution in [1.29, 1.82) is 0 Å².